The molecule has 0 amide bonds. The molecule has 3 nitrogen and oxygen atoms in total. The highest BCUT2D eigenvalue weighted by molar-refractivity contribution is 5.76. The molecule has 13 heavy (non-hydrogen) atoms. The average Bonchev–Trinajstić information content (AvgIpc) is 2.16. The van der Waals surface area contributed by atoms with E-state index in [9.17, 15) is 13.6 Å². The minimum Gasteiger partial charge on any atom is -0.326 e. The topological polar surface area (TPSA) is 56.0 Å². The number of hydrogen-bond donors (Lipinski definition) is 1. The highest BCUT2D eigenvalue weighted by Crippen LogP contribution is 2.18. The van der Waals surface area contributed by atoms with Crippen LogP contribution in [-0.2, 0) is 6.54 Å². The lowest BCUT2D eigenvalue weighted by Gasteiger charge is -2.03. The Morgan fingerprint density at radius 2 is 2.31 bits per heavy atom. The quantitative estimate of drug-likeness (QED) is 0.723. The SMILES string of the molecule is NCc1cc(C(F)F)ncc1C=O. The van der Waals surface area contributed by atoms with Gasteiger partial charge in [-0.2, -0.15) is 0 Å². The summed E-state index contributed by atoms with van der Waals surface area (Å²) < 4.78 is 24.3. The number of aldehydes is 1. The van der Waals surface area contributed by atoms with Gasteiger partial charge in [-0.05, 0) is 11.6 Å². The van der Waals surface area contributed by atoms with Gasteiger partial charge in [0.05, 0.1) is 0 Å². The summed E-state index contributed by atoms with van der Waals surface area (Å²) in [5.41, 5.74) is 5.55. The Morgan fingerprint density at radius 1 is 1.62 bits per heavy atom. The summed E-state index contributed by atoms with van der Waals surface area (Å²) in [5.74, 6) is 0. The predicted octanol–water partition coefficient (Wildman–Crippen LogP) is 1.29. The van der Waals surface area contributed by atoms with Gasteiger partial charge in [0, 0.05) is 18.3 Å². The molecule has 0 fully saturated rings. The molecule has 1 aromatic rings. The molecule has 70 valence electrons. The second-order valence-corrected chi connectivity index (χ2v) is 2.43. The number of carbonyl (C=O) groups excluding carboxylic acids is 1. The molecule has 0 bridgehead atoms. The Hall–Kier alpha value is -1.36. The molecule has 0 aliphatic heterocycles. The minimum absolute atomic E-state index is 0.0519. The molecule has 0 aromatic carbocycles. The van der Waals surface area contributed by atoms with Crippen molar-refractivity contribution in [1.29, 1.82) is 0 Å². The van der Waals surface area contributed by atoms with Gasteiger partial charge < -0.3 is 5.73 Å². The van der Waals surface area contributed by atoms with Crippen molar-refractivity contribution in [3.63, 3.8) is 0 Å². The van der Waals surface area contributed by atoms with Crippen LogP contribution < -0.4 is 5.73 Å². The molecule has 1 rings (SSSR count). The average molecular weight is 186 g/mol. The number of hydrogen-bond acceptors (Lipinski definition) is 3. The second kappa shape index (κ2) is 4.04. The molecular weight excluding hydrogens is 178 g/mol. The van der Waals surface area contributed by atoms with Crippen LogP contribution in [0.5, 0.6) is 0 Å². The van der Waals surface area contributed by atoms with Crippen molar-refractivity contribution in [3.05, 3.63) is 29.1 Å². The summed E-state index contributed by atoms with van der Waals surface area (Å²) in [5, 5.41) is 0. The van der Waals surface area contributed by atoms with Gasteiger partial charge in [0.25, 0.3) is 6.43 Å². The van der Waals surface area contributed by atoms with E-state index in [2.05, 4.69) is 4.98 Å². The first-order valence-electron chi connectivity index (χ1n) is 3.61. The molecule has 0 saturated heterocycles. The zero-order chi connectivity index (χ0) is 9.84. The van der Waals surface area contributed by atoms with Gasteiger partial charge in [-0.1, -0.05) is 0 Å². The van der Waals surface area contributed by atoms with Gasteiger partial charge in [-0.25, -0.2) is 8.78 Å². The Balaban J connectivity index is 3.12. The predicted molar refractivity (Wildman–Crippen MR) is 42.5 cm³/mol. The Morgan fingerprint density at radius 3 is 2.77 bits per heavy atom. The molecule has 0 aliphatic carbocycles. The minimum atomic E-state index is -2.63. The molecule has 0 unspecified atom stereocenters. The van der Waals surface area contributed by atoms with Crippen LogP contribution in [0.25, 0.3) is 0 Å². The van der Waals surface area contributed by atoms with Crippen molar-refractivity contribution < 1.29 is 13.6 Å². The summed E-state index contributed by atoms with van der Waals surface area (Å²) >= 11 is 0. The molecule has 0 saturated carbocycles. The largest absolute Gasteiger partial charge is 0.326 e. The maximum Gasteiger partial charge on any atom is 0.280 e. The van der Waals surface area contributed by atoms with Crippen LogP contribution >= 0.6 is 0 Å². The van der Waals surface area contributed by atoms with E-state index in [4.69, 9.17) is 5.73 Å². The van der Waals surface area contributed by atoms with E-state index >= 15 is 0 Å². The fourth-order valence-electron chi connectivity index (χ4n) is 0.928. The van der Waals surface area contributed by atoms with Crippen molar-refractivity contribution >= 4 is 6.29 Å². The van der Waals surface area contributed by atoms with Crippen LogP contribution in [0.15, 0.2) is 12.3 Å². The first-order valence-corrected chi connectivity index (χ1v) is 3.61. The summed E-state index contributed by atoms with van der Waals surface area (Å²) in [6.45, 7) is 0.0519. The Bertz CT molecular complexity index is 315. The van der Waals surface area contributed by atoms with Gasteiger partial charge in [-0.15, -0.1) is 0 Å². The smallest absolute Gasteiger partial charge is 0.280 e. The van der Waals surface area contributed by atoms with Gasteiger partial charge in [0.2, 0.25) is 0 Å². The zero-order valence-corrected chi connectivity index (χ0v) is 6.71. The van der Waals surface area contributed by atoms with Crippen molar-refractivity contribution in [1.82, 2.24) is 4.98 Å². The van der Waals surface area contributed by atoms with E-state index in [1.54, 1.807) is 0 Å². The van der Waals surface area contributed by atoms with Gasteiger partial charge >= 0.3 is 0 Å². The van der Waals surface area contributed by atoms with Crippen molar-refractivity contribution in [2.45, 2.75) is 13.0 Å². The third-order valence-electron chi connectivity index (χ3n) is 1.62. The molecule has 0 atom stereocenters. The third kappa shape index (κ3) is 2.06. The number of aromatic nitrogens is 1. The lowest BCUT2D eigenvalue weighted by Crippen LogP contribution is -2.04. The number of nitrogens with zero attached hydrogens (tertiary/aromatic N) is 1. The highest BCUT2D eigenvalue weighted by Gasteiger charge is 2.10. The Labute approximate surface area is 73.6 Å². The second-order valence-electron chi connectivity index (χ2n) is 2.43. The molecule has 0 aliphatic rings. The first kappa shape index (κ1) is 9.73. The number of alkyl halides is 2. The number of carbonyl (C=O) groups is 1. The van der Waals surface area contributed by atoms with Crippen LogP contribution in [0.3, 0.4) is 0 Å². The van der Waals surface area contributed by atoms with Crippen molar-refractivity contribution in [2.75, 3.05) is 0 Å². The van der Waals surface area contributed by atoms with E-state index in [0.29, 0.717) is 11.8 Å². The van der Waals surface area contributed by atoms with Crippen LogP contribution in [-0.4, -0.2) is 11.3 Å². The van der Waals surface area contributed by atoms with E-state index in [0.717, 1.165) is 12.3 Å². The van der Waals surface area contributed by atoms with E-state index in [-0.39, 0.29) is 17.8 Å². The molecule has 2 N–H and O–H groups in total. The molecular formula is C8H8F2N2O. The van der Waals surface area contributed by atoms with Gasteiger partial charge in [0.15, 0.2) is 6.29 Å². The van der Waals surface area contributed by atoms with Crippen LogP contribution in [0.2, 0.25) is 0 Å². The van der Waals surface area contributed by atoms with E-state index in [1.807, 2.05) is 0 Å². The molecule has 0 spiro atoms. The monoisotopic (exact) mass is 186 g/mol. The molecule has 1 heterocycles. The number of nitrogens with two attached hydrogens (primary N) is 1. The van der Waals surface area contributed by atoms with E-state index in [1.165, 1.54) is 0 Å². The lowest BCUT2D eigenvalue weighted by atomic mass is 10.1. The van der Waals surface area contributed by atoms with Crippen molar-refractivity contribution in [2.24, 2.45) is 5.73 Å². The Kier molecular flexibility index (Phi) is 3.02. The fourth-order valence-corrected chi connectivity index (χ4v) is 0.928. The summed E-state index contributed by atoms with van der Waals surface area (Å²) in [7, 11) is 0. The standard InChI is InChI=1S/C8H8F2N2O/c9-8(10)7-1-5(2-11)6(4-13)3-12-7/h1,3-4,8H,2,11H2. The van der Waals surface area contributed by atoms with Gasteiger partial charge in [-0.3, -0.25) is 9.78 Å². The summed E-state index contributed by atoms with van der Waals surface area (Å²) in [6.07, 6.45) is -0.979. The van der Waals surface area contributed by atoms with Gasteiger partial charge in [0.1, 0.15) is 5.69 Å². The first-order chi connectivity index (χ1) is 6.19. The van der Waals surface area contributed by atoms with Crippen LogP contribution in [0.4, 0.5) is 8.78 Å². The number of rotatable bonds is 3. The van der Waals surface area contributed by atoms with E-state index < -0.39 is 6.43 Å². The van der Waals surface area contributed by atoms with Crippen LogP contribution in [0.1, 0.15) is 28.0 Å². The maximum atomic E-state index is 12.1. The summed E-state index contributed by atoms with van der Waals surface area (Å²) in [4.78, 5) is 13.8. The normalized spacial score (nSPS) is 10.5. The van der Waals surface area contributed by atoms with Crippen LogP contribution in [0, 0.1) is 0 Å². The highest BCUT2D eigenvalue weighted by atomic mass is 19.3. The third-order valence-corrected chi connectivity index (χ3v) is 1.62. The fraction of sp³-hybridized carbons (Fsp3) is 0.250. The maximum absolute atomic E-state index is 12.1. The van der Waals surface area contributed by atoms with Crippen molar-refractivity contribution in [3.8, 4) is 0 Å². The zero-order valence-electron chi connectivity index (χ0n) is 6.71. The number of halogens is 2. The number of pyridine rings is 1. The molecule has 0 radical (unpaired) electrons. The molecule has 5 heteroatoms. The lowest BCUT2D eigenvalue weighted by molar-refractivity contribution is 0.112. The summed E-state index contributed by atoms with van der Waals surface area (Å²) in [6, 6.07) is 1.15. The molecule has 1 aromatic heterocycles.